The Hall–Kier alpha value is -2.97. The Bertz CT molecular complexity index is 1090. The average molecular weight is 435 g/mol. The van der Waals surface area contributed by atoms with Gasteiger partial charge in [-0.15, -0.1) is 0 Å². The van der Waals surface area contributed by atoms with Gasteiger partial charge in [0, 0.05) is 30.9 Å². The third-order valence-corrected chi connectivity index (χ3v) is 6.64. The Morgan fingerprint density at radius 1 is 1.19 bits per heavy atom. The van der Waals surface area contributed by atoms with Crippen molar-refractivity contribution in [3.63, 3.8) is 0 Å². The molecule has 0 bridgehead atoms. The first kappa shape index (κ1) is 20.9. The lowest BCUT2D eigenvalue weighted by Crippen LogP contribution is -2.38. The summed E-state index contributed by atoms with van der Waals surface area (Å²) >= 11 is 0. The molecule has 2 aliphatic rings. The summed E-state index contributed by atoms with van der Waals surface area (Å²) in [7, 11) is 0. The second-order valence-corrected chi connectivity index (χ2v) is 8.84. The summed E-state index contributed by atoms with van der Waals surface area (Å²) < 4.78 is 3.96. The van der Waals surface area contributed by atoms with Gasteiger partial charge in [-0.25, -0.2) is 4.68 Å². The number of nitrogens with one attached hydrogen (secondary N) is 1. The molecule has 2 aliphatic heterocycles. The number of benzene rings is 1. The van der Waals surface area contributed by atoms with Gasteiger partial charge in [0.1, 0.15) is 0 Å². The van der Waals surface area contributed by atoms with Crippen molar-refractivity contribution in [2.24, 2.45) is 5.92 Å². The number of hydrogen-bond acceptors (Lipinski definition) is 5. The van der Waals surface area contributed by atoms with E-state index >= 15 is 0 Å². The Kier molecular flexibility index (Phi) is 6.05. The van der Waals surface area contributed by atoms with Crippen LogP contribution in [-0.2, 0) is 4.79 Å². The molecular weight excluding hydrogens is 404 g/mol. The number of aliphatic carboxylic acids is 1. The van der Waals surface area contributed by atoms with Gasteiger partial charge in [0.25, 0.3) is 0 Å². The van der Waals surface area contributed by atoms with Crippen LogP contribution in [0.2, 0.25) is 0 Å². The van der Waals surface area contributed by atoms with E-state index in [1.165, 1.54) is 18.4 Å². The molecule has 1 aromatic carbocycles. The monoisotopic (exact) mass is 434 g/mol. The normalized spacial score (nSPS) is 19.2. The maximum Gasteiger partial charge on any atom is 0.317 e. The minimum atomic E-state index is -0.765. The minimum absolute atomic E-state index is 0.109. The van der Waals surface area contributed by atoms with E-state index in [1.54, 1.807) is 6.20 Å². The maximum atomic E-state index is 11.0. The third-order valence-electron chi connectivity index (χ3n) is 6.64. The highest BCUT2D eigenvalue weighted by molar-refractivity contribution is 5.88. The summed E-state index contributed by atoms with van der Waals surface area (Å²) in [5, 5.41) is 23.0. The van der Waals surface area contributed by atoms with Crippen molar-refractivity contribution < 1.29 is 9.90 Å². The van der Waals surface area contributed by atoms with Gasteiger partial charge in [-0.2, -0.15) is 10.2 Å². The van der Waals surface area contributed by atoms with E-state index in [2.05, 4.69) is 45.4 Å². The largest absolute Gasteiger partial charge is 0.480 e. The van der Waals surface area contributed by atoms with Crippen LogP contribution in [0.3, 0.4) is 0 Å². The fourth-order valence-corrected chi connectivity index (χ4v) is 4.88. The molecule has 0 saturated carbocycles. The lowest BCUT2D eigenvalue weighted by molar-refractivity contribution is -0.138. The van der Waals surface area contributed by atoms with Gasteiger partial charge in [0.2, 0.25) is 0 Å². The molecule has 168 valence electrons. The van der Waals surface area contributed by atoms with E-state index in [9.17, 15) is 4.79 Å². The van der Waals surface area contributed by atoms with Gasteiger partial charge in [-0.3, -0.25) is 14.4 Å². The fourth-order valence-electron chi connectivity index (χ4n) is 4.88. The standard InChI is InChI=1S/C24H30N6O2/c31-23(32)17-28-14-8-20(9-15-28)30-22-5-4-19(3-2-18-6-11-25-12-7-18)16-21(22)24(27-30)29-13-1-10-26-29/h1-5,10,13,16,18,20,25H,6-9,11-12,14-15,17H2,(H,31,32). The first-order chi connectivity index (χ1) is 15.7. The Morgan fingerprint density at radius 2 is 2.00 bits per heavy atom. The number of carboxylic acid groups (broad SMARTS) is 1. The number of likely N-dealkylation sites (tertiary alicyclic amines) is 1. The van der Waals surface area contributed by atoms with E-state index in [0.29, 0.717) is 5.92 Å². The molecule has 0 spiro atoms. The van der Waals surface area contributed by atoms with Crippen LogP contribution in [0.4, 0.5) is 0 Å². The summed E-state index contributed by atoms with van der Waals surface area (Å²) in [5.41, 5.74) is 2.28. The van der Waals surface area contributed by atoms with E-state index in [-0.39, 0.29) is 12.6 Å². The topological polar surface area (TPSA) is 88.2 Å². The van der Waals surface area contributed by atoms with E-state index in [1.807, 2.05) is 21.8 Å². The molecule has 2 saturated heterocycles. The molecule has 3 aromatic rings. The second-order valence-electron chi connectivity index (χ2n) is 8.84. The van der Waals surface area contributed by atoms with Crippen molar-refractivity contribution in [1.82, 2.24) is 29.8 Å². The van der Waals surface area contributed by atoms with Crippen LogP contribution in [0.25, 0.3) is 22.8 Å². The van der Waals surface area contributed by atoms with Gasteiger partial charge in [0.05, 0.1) is 18.1 Å². The fraction of sp³-hybridized carbons (Fsp3) is 0.458. The van der Waals surface area contributed by atoms with Crippen molar-refractivity contribution >= 4 is 22.9 Å². The molecule has 0 atom stereocenters. The van der Waals surface area contributed by atoms with Crippen LogP contribution in [0.5, 0.6) is 0 Å². The van der Waals surface area contributed by atoms with Crippen molar-refractivity contribution in [3.05, 3.63) is 48.3 Å². The van der Waals surface area contributed by atoms with Crippen molar-refractivity contribution in [2.45, 2.75) is 31.7 Å². The molecule has 4 heterocycles. The molecule has 0 amide bonds. The van der Waals surface area contributed by atoms with Gasteiger partial charge in [0.15, 0.2) is 5.82 Å². The molecule has 2 N–H and O–H groups in total. The van der Waals surface area contributed by atoms with Crippen LogP contribution in [0.15, 0.2) is 42.7 Å². The van der Waals surface area contributed by atoms with Crippen molar-refractivity contribution in [1.29, 1.82) is 0 Å². The quantitative estimate of drug-likeness (QED) is 0.620. The van der Waals surface area contributed by atoms with Crippen molar-refractivity contribution in [3.8, 4) is 5.82 Å². The van der Waals surface area contributed by atoms with Crippen LogP contribution >= 0.6 is 0 Å². The molecule has 0 radical (unpaired) electrons. The van der Waals surface area contributed by atoms with Crippen molar-refractivity contribution in [2.75, 3.05) is 32.7 Å². The number of aromatic nitrogens is 4. The average Bonchev–Trinajstić information content (AvgIpc) is 3.46. The van der Waals surface area contributed by atoms with Crippen LogP contribution < -0.4 is 5.32 Å². The van der Waals surface area contributed by atoms with Crippen LogP contribution in [0, 0.1) is 5.92 Å². The van der Waals surface area contributed by atoms with Gasteiger partial charge < -0.3 is 10.4 Å². The summed E-state index contributed by atoms with van der Waals surface area (Å²) in [4.78, 5) is 13.0. The van der Waals surface area contributed by atoms with E-state index in [4.69, 9.17) is 10.2 Å². The first-order valence-corrected chi connectivity index (χ1v) is 11.5. The highest BCUT2D eigenvalue weighted by Crippen LogP contribution is 2.30. The number of nitrogens with zero attached hydrogens (tertiary/aromatic N) is 5. The Labute approximate surface area is 187 Å². The predicted molar refractivity (Wildman–Crippen MR) is 124 cm³/mol. The Morgan fingerprint density at radius 3 is 2.72 bits per heavy atom. The number of allylic oxidation sites excluding steroid dienone is 1. The SMILES string of the molecule is O=C(O)CN1CCC(n2nc(-n3cccn3)c3cc(C=CC4CCNCC4)ccc32)CC1. The molecule has 2 aromatic heterocycles. The first-order valence-electron chi connectivity index (χ1n) is 11.5. The molecule has 0 aliphatic carbocycles. The molecule has 8 nitrogen and oxygen atoms in total. The number of piperidine rings is 2. The summed E-state index contributed by atoms with van der Waals surface area (Å²) in [6.07, 6.45) is 12.4. The molecule has 32 heavy (non-hydrogen) atoms. The van der Waals surface area contributed by atoms with E-state index in [0.717, 1.165) is 55.7 Å². The molecule has 8 heteroatoms. The zero-order valence-electron chi connectivity index (χ0n) is 18.2. The predicted octanol–water partition coefficient (Wildman–Crippen LogP) is 2.96. The lowest BCUT2D eigenvalue weighted by atomic mass is 9.97. The third kappa shape index (κ3) is 4.47. The van der Waals surface area contributed by atoms with E-state index < -0.39 is 5.97 Å². The molecular formula is C24H30N6O2. The van der Waals surface area contributed by atoms with Crippen LogP contribution in [-0.4, -0.2) is 68.3 Å². The number of fused-ring (bicyclic) bond motifs is 1. The number of carboxylic acids is 1. The maximum absolute atomic E-state index is 11.0. The molecule has 2 fully saturated rings. The van der Waals surface area contributed by atoms with Gasteiger partial charge in [-0.05, 0) is 68.5 Å². The minimum Gasteiger partial charge on any atom is -0.480 e. The summed E-state index contributed by atoms with van der Waals surface area (Å²) in [6.45, 7) is 3.84. The zero-order chi connectivity index (χ0) is 21.9. The summed E-state index contributed by atoms with van der Waals surface area (Å²) in [5.74, 6) is 0.713. The number of carbonyl (C=O) groups is 1. The van der Waals surface area contributed by atoms with Gasteiger partial charge in [-0.1, -0.05) is 18.2 Å². The summed E-state index contributed by atoms with van der Waals surface area (Å²) in [6, 6.07) is 8.72. The highest BCUT2D eigenvalue weighted by atomic mass is 16.4. The van der Waals surface area contributed by atoms with Crippen LogP contribution in [0.1, 0.15) is 37.3 Å². The molecule has 0 unspecified atom stereocenters. The Balaban J connectivity index is 1.44. The van der Waals surface area contributed by atoms with Gasteiger partial charge >= 0.3 is 5.97 Å². The lowest BCUT2D eigenvalue weighted by Gasteiger charge is -2.31. The number of rotatable bonds is 6. The zero-order valence-corrected chi connectivity index (χ0v) is 18.2. The second kappa shape index (κ2) is 9.26. The molecule has 5 rings (SSSR count). The smallest absolute Gasteiger partial charge is 0.317 e. The number of hydrogen-bond donors (Lipinski definition) is 2. The highest BCUT2D eigenvalue weighted by Gasteiger charge is 2.25.